The van der Waals surface area contributed by atoms with E-state index in [1.54, 1.807) is 27.3 Å². The Hall–Kier alpha value is -3.15. The molecular formula is C25H30ClN5O4S2. The quantitative estimate of drug-likeness (QED) is 0.484. The minimum Gasteiger partial charge on any atom is -0.360 e. The first kappa shape index (κ1) is 25.5. The van der Waals surface area contributed by atoms with Crippen LogP contribution in [-0.2, 0) is 26.0 Å². The molecule has 12 heteroatoms. The van der Waals surface area contributed by atoms with Crippen molar-refractivity contribution in [1.82, 2.24) is 9.88 Å². The number of nitrogens with one attached hydrogen (secondary N) is 1. The van der Waals surface area contributed by atoms with Crippen LogP contribution in [0.25, 0.3) is 0 Å². The van der Waals surface area contributed by atoms with Crippen LogP contribution in [0.3, 0.4) is 0 Å². The molecule has 1 N–H and O–H groups in total. The molecule has 37 heavy (non-hydrogen) atoms. The smallest absolute Gasteiger partial charge is 0.263 e. The maximum atomic E-state index is 13.4. The molecule has 3 aromatic rings. The van der Waals surface area contributed by atoms with Crippen molar-refractivity contribution in [2.75, 3.05) is 40.7 Å². The molecule has 1 fully saturated rings. The Morgan fingerprint density at radius 1 is 1.16 bits per heavy atom. The van der Waals surface area contributed by atoms with Gasteiger partial charge in [0.1, 0.15) is 12.6 Å². The summed E-state index contributed by atoms with van der Waals surface area (Å²) in [5.41, 5.74) is 2.62. The molecule has 2 aliphatic heterocycles. The van der Waals surface area contributed by atoms with Crippen LogP contribution in [0.1, 0.15) is 21.8 Å². The number of benzene rings is 2. The molecule has 2 aromatic carbocycles. The number of anilines is 3. The number of thiazole rings is 1. The van der Waals surface area contributed by atoms with Gasteiger partial charge >= 0.3 is 0 Å². The van der Waals surface area contributed by atoms with E-state index in [9.17, 15) is 18.0 Å². The fraction of sp³-hybridized carbons (Fsp3) is 0.320. The molecule has 0 radical (unpaired) electrons. The van der Waals surface area contributed by atoms with E-state index in [-0.39, 0.29) is 31.2 Å². The molecule has 1 atom stereocenters. The van der Waals surface area contributed by atoms with Crippen LogP contribution in [0, 0.1) is 0 Å². The number of rotatable bonds is 6. The van der Waals surface area contributed by atoms with E-state index in [1.807, 2.05) is 25.1 Å². The second kappa shape index (κ2) is 10.3. The Morgan fingerprint density at radius 2 is 1.95 bits per heavy atom. The number of fused-ring (bicyclic) bond motifs is 1. The number of aromatic nitrogens is 1. The van der Waals surface area contributed by atoms with Crippen LogP contribution in [0.4, 0.5) is 16.5 Å². The van der Waals surface area contributed by atoms with E-state index in [1.165, 1.54) is 29.7 Å². The predicted octanol–water partition coefficient (Wildman–Crippen LogP) is 4.11. The summed E-state index contributed by atoms with van der Waals surface area (Å²) >= 11 is 7.57. The third kappa shape index (κ3) is 5.16. The van der Waals surface area contributed by atoms with Crippen molar-refractivity contribution in [1.29, 1.82) is 0 Å². The average Bonchev–Trinajstić information content (AvgIpc) is 3.40. The Bertz CT molecular complexity index is 1420. The summed E-state index contributed by atoms with van der Waals surface area (Å²) in [6.45, 7) is 3.29. The van der Waals surface area contributed by atoms with Gasteiger partial charge < -0.3 is 14.7 Å². The third-order valence-corrected chi connectivity index (χ3v) is 9.23. The van der Waals surface area contributed by atoms with Gasteiger partial charge in [0.2, 0.25) is 11.8 Å². The van der Waals surface area contributed by atoms with Crippen LogP contribution in [0.2, 0.25) is 5.02 Å². The zero-order valence-electron chi connectivity index (χ0n) is 20.1. The number of hydrogen-bond donors (Lipinski definition) is 1. The standard InChI is InChI=1S/C25H26ClN5O4S2.2H2/c1-17(30-12-3-4-20-21(26)5-2-6-22(20)30)24(33)29-13-14-31(23(32)16-29)18-7-9-19(10-8-18)37(34,35)28-25-27-11-15-36-25;;/h2,5-11,15,17H,3-4,12-14,16H2,1H3,(H,27,28);2*1H/t17-;;/m0../s1. The second-order valence-corrected chi connectivity index (χ2v) is 11.9. The number of carbonyl (C=O) groups excluding carboxylic acids is 2. The molecule has 1 aromatic heterocycles. The molecular weight excluding hydrogens is 534 g/mol. The van der Waals surface area contributed by atoms with Gasteiger partial charge in [-0.3, -0.25) is 14.3 Å². The third-order valence-electron chi connectivity index (χ3n) is 6.70. The summed E-state index contributed by atoms with van der Waals surface area (Å²) in [5.74, 6) is -0.319. The monoisotopic (exact) mass is 563 g/mol. The molecule has 5 rings (SSSR count). The zero-order valence-corrected chi connectivity index (χ0v) is 22.5. The Morgan fingerprint density at radius 3 is 2.65 bits per heavy atom. The lowest BCUT2D eigenvalue weighted by molar-refractivity contribution is -0.137. The number of amides is 2. The summed E-state index contributed by atoms with van der Waals surface area (Å²) in [5, 5.41) is 2.67. The molecule has 3 heterocycles. The summed E-state index contributed by atoms with van der Waals surface area (Å²) in [6, 6.07) is 11.4. The molecule has 0 unspecified atom stereocenters. The minimum absolute atomic E-state index is 0. The molecule has 0 spiro atoms. The molecule has 198 valence electrons. The lowest BCUT2D eigenvalue weighted by Gasteiger charge is -2.40. The highest BCUT2D eigenvalue weighted by molar-refractivity contribution is 7.93. The minimum atomic E-state index is -3.78. The number of sulfonamides is 1. The van der Waals surface area contributed by atoms with Crippen LogP contribution in [-0.4, -0.2) is 62.3 Å². The van der Waals surface area contributed by atoms with Crippen molar-refractivity contribution >= 4 is 61.3 Å². The van der Waals surface area contributed by atoms with Gasteiger partial charge in [-0.15, -0.1) is 11.3 Å². The number of nitrogens with zero attached hydrogens (tertiary/aromatic N) is 4. The van der Waals surface area contributed by atoms with Gasteiger partial charge in [0.25, 0.3) is 10.0 Å². The fourth-order valence-corrected chi connectivity index (χ4v) is 6.85. The molecule has 0 aliphatic carbocycles. The van der Waals surface area contributed by atoms with E-state index < -0.39 is 16.1 Å². The van der Waals surface area contributed by atoms with Crippen molar-refractivity contribution in [2.45, 2.75) is 30.7 Å². The van der Waals surface area contributed by atoms with Gasteiger partial charge in [-0.2, -0.15) is 0 Å². The normalized spacial score (nSPS) is 16.9. The Labute approximate surface area is 227 Å². The van der Waals surface area contributed by atoms with Crippen molar-refractivity contribution < 1.29 is 20.9 Å². The second-order valence-electron chi connectivity index (χ2n) is 8.95. The van der Waals surface area contributed by atoms with Crippen molar-refractivity contribution in [2.24, 2.45) is 0 Å². The van der Waals surface area contributed by atoms with Crippen LogP contribution < -0.4 is 14.5 Å². The van der Waals surface area contributed by atoms with Crippen molar-refractivity contribution in [3.05, 3.63) is 64.6 Å². The van der Waals surface area contributed by atoms with Crippen LogP contribution >= 0.6 is 22.9 Å². The number of piperazine rings is 1. The van der Waals surface area contributed by atoms with Gasteiger partial charge in [-0.1, -0.05) is 17.7 Å². The van der Waals surface area contributed by atoms with Crippen LogP contribution in [0.15, 0.2) is 58.9 Å². The highest BCUT2D eigenvalue weighted by Crippen LogP contribution is 2.34. The first-order valence-corrected chi connectivity index (χ1v) is 14.6. The first-order chi connectivity index (χ1) is 17.7. The average molecular weight is 564 g/mol. The van der Waals surface area contributed by atoms with Crippen LogP contribution in [0.5, 0.6) is 0 Å². The number of hydrogen-bond acceptors (Lipinski definition) is 7. The van der Waals surface area contributed by atoms with E-state index in [2.05, 4.69) is 14.6 Å². The molecule has 0 saturated carbocycles. The lowest BCUT2D eigenvalue weighted by atomic mass is 9.99. The topological polar surface area (TPSA) is 103 Å². The maximum absolute atomic E-state index is 13.4. The van der Waals surface area contributed by atoms with Gasteiger partial charge in [-0.05, 0) is 61.7 Å². The van der Waals surface area contributed by atoms with E-state index >= 15 is 0 Å². The molecule has 1 saturated heterocycles. The summed E-state index contributed by atoms with van der Waals surface area (Å²) in [7, 11) is -3.78. The van der Waals surface area contributed by atoms with E-state index in [0.29, 0.717) is 23.8 Å². The molecule has 2 aliphatic rings. The summed E-state index contributed by atoms with van der Waals surface area (Å²) < 4.78 is 27.6. The fourth-order valence-electron chi connectivity index (χ4n) is 4.80. The summed E-state index contributed by atoms with van der Waals surface area (Å²) in [4.78, 5) is 35.6. The lowest BCUT2D eigenvalue weighted by Crippen LogP contribution is -2.57. The Balaban J connectivity index is 0.00000210. The van der Waals surface area contributed by atoms with Gasteiger partial charge in [0.15, 0.2) is 5.13 Å². The van der Waals surface area contributed by atoms with E-state index in [4.69, 9.17) is 11.6 Å². The SMILES string of the molecule is C[C@@H](C(=O)N1CCN(c2ccc(S(=O)(=O)Nc3nccs3)cc2)C(=O)C1)N1CCCc2c(Cl)cccc21.[HH].[HH]. The van der Waals surface area contributed by atoms with Gasteiger partial charge in [-0.25, -0.2) is 13.4 Å². The van der Waals surface area contributed by atoms with Gasteiger partial charge in [0.05, 0.1) is 4.90 Å². The first-order valence-electron chi connectivity index (χ1n) is 11.9. The number of halogens is 1. The maximum Gasteiger partial charge on any atom is 0.263 e. The Kier molecular flexibility index (Phi) is 7.11. The largest absolute Gasteiger partial charge is 0.360 e. The zero-order chi connectivity index (χ0) is 26.2. The van der Waals surface area contributed by atoms with E-state index in [0.717, 1.165) is 30.6 Å². The molecule has 0 bridgehead atoms. The molecule has 2 amide bonds. The summed E-state index contributed by atoms with van der Waals surface area (Å²) in [6.07, 6.45) is 3.31. The number of carbonyl (C=O) groups is 2. The highest BCUT2D eigenvalue weighted by Gasteiger charge is 2.34. The van der Waals surface area contributed by atoms with Gasteiger partial charge in [0, 0.05) is 50.5 Å². The molecule has 9 nitrogen and oxygen atoms in total. The van der Waals surface area contributed by atoms with Crippen molar-refractivity contribution in [3.8, 4) is 0 Å². The van der Waals surface area contributed by atoms with Crippen molar-refractivity contribution in [3.63, 3.8) is 0 Å². The predicted molar refractivity (Wildman–Crippen MR) is 149 cm³/mol. The highest BCUT2D eigenvalue weighted by atomic mass is 35.5.